The van der Waals surface area contributed by atoms with Gasteiger partial charge in [0.1, 0.15) is 11.6 Å². The van der Waals surface area contributed by atoms with Crippen LogP contribution in [0.5, 0.6) is 0 Å². The molecule has 4 heteroatoms. The molecular formula is C17H24F2N2. The molecule has 0 spiro atoms. The molecule has 1 saturated heterocycles. The summed E-state index contributed by atoms with van der Waals surface area (Å²) in [6.45, 7) is 7.13. The Morgan fingerprint density at radius 3 is 2.48 bits per heavy atom. The van der Waals surface area contributed by atoms with E-state index in [-0.39, 0.29) is 11.6 Å². The van der Waals surface area contributed by atoms with Crippen LogP contribution in [0.4, 0.5) is 8.78 Å². The average molecular weight is 294 g/mol. The first-order valence-electron chi connectivity index (χ1n) is 7.73. The second-order valence-electron chi connectivity index (χ2n) is 5.51. The van der Waals surface area contributed by atoms with Crippen LogP contribution in [0.1, 0.15) is 37.3 Å². The normalized spacial score (nSPS) is 17.6. The van der Waals surface area contributed by atoms with Crippen molar-refractivity contribution in [1.82, 2.24) is 10.2 Å². The number of nitrogens with zero attached hydrogens (tertiary/aromatic N) is 1. The minimum absolute atomic E-state index is 0.168. The number of unbranched alkanes of at least 4 members (excludes halogenated alkanes) is 2. The summed E-state index contributed by atoms with van der Waals surface area (Å²) in [6.07, 6.45) is 5.60. The van der Waals surface area contributed by atoms with Gasteiger partial charge in [-0.3, -0.25) is 4.90 Å². The van der Waals surface area contributed by atoms with Crippen molar-refractivity contribution in [2.24, 2.45) is 0 Å². The van der Waals surface area contributed by atoms with E-state index < -0.39 is 11.6 Å². The van der Waals surface area contributed by atoms with Gasteiger partial charge in [-0.15, -0.1) is 6.58 Å². The Kier molecular flexibility index (Phi) is 6.33. The molecule has 2 rings (SSSR count). The average Bonchev–Trinajstić information content (AvgIpc) is 2.50. The lowest BCUT2D eigenvalue weighted by molar-refractivity contribution is 0.156. The van der Waals surface area contributed by atoms with Crippen LogP contribution in [-0.4, -0.2) is 31.1 Å². The number of rotatable bonds is 7. The first kappa shape index (κ1) is 16.1. The summed E-state index contributed by atoms with van der Waals surface area (Å²) in [5, 5.41) is 3.28. The van der Waals surface area contributed by atoms with Gasteiger partial charge in [0.05, 0.1) is 0 Å². The van der Waals surface area contributed by atoms with Crippen molar-refractivity contribution >= 4 is 0 Å². The molecule has 1 atom stereocenters. The summed E-state index contributed by atoms with van der Waals surface area (Å²) in [5.41, 5.74) is 0.234. The van der Waals surface area contributed by atoms with E-state index in [1.165, 1.54) is 18.2 Å². The van der Waals surface area contributed by atoms with Gasteiger partial charge in [-0.05, 0) is 31.4 Å². The van der Waals surface area contributed by atoms with Crippen molar-refractivity contribution in [3.8, 4) is 0 Å². The predicted molar refractivity (Wildman–Crippen MR) is 82.2 cm³/mol. The molecule has 116 valence electrons. The van der Waals surface area contributed by atoms with Crippen LogP contribution in [0.2, 0.25) is 0 Å². The van der Waals surface area contributed by atoms with Crippen LogP contribution in [0.3, 0.4) is 0 Å². The lowest BCUT2D eigenvalue weighted by atomic mass is 9.97. The maximum atomic E-state index is 14.1. The third-order valence-corrected chi connectivity index (χ3v) is 4.06. The Bertz CT molecular complexity index is 436. The van der Waals surface area contributed by atoms with Crippen LogP contribution in [0.25, 0.3) is 0 Å². The molecule has 1 heterocycles. The Morgan fingerprint density at radius 1 is 1.19 bits per heavy atom. The first-order valence-corrected chi connectivity index (χ1v) is 7.73. The van der Waals surface area contributed by atoms with E-state index in [1.54, 1.807) is 0 Å². The van der Waals surface area contributed by atoms with Gasteiger partial charge in [-0.1, -0.05) is 18.6 Å². The molecule has 1 aliphatic rings. The highest BCUT2D eigenvalue weighted by Gasteiger charge is 2.26. The minimum Gasteiger partial charge on any atom is -0.314 e. The molecule has 0 saturated carbocycles. The van der Waals surface area contributed by atoms with Crippen molar-refractivity contribution < 1.29 is 8.78 Å². The molecule has 0 radical (unpaired) electrons. The van der Waals surface area contributed by atoms with E-state index in [0.717, 1.165) is 51.9 Å². The maximum absolute atomic E-state index is 14.1. The molecule has 1 N–H and O–H groups in total. The standard InChI is InChI=1S/C17H24F2N2/c1-2-3-4-5-9-16(21-12-10-20-11-13-21)17-14(18)7-6-8-15(17)19/h2,6-8,16,20H,1,3-5,9-13H2/t16-/m0/s1. The van der Waals surface area contributed by atoms with Crippen molar-refractivity contribution in [2.45, 2.75) is 31.7 Å². The largest absolute Gasteiger partial charge is 0.314 e. The van der Waals surface area contributed by atoms with Crippen molar-refractivity contribution in [1.29, 1.82) is 0 Å². The lowest BCUT2D eigenvalue weighted by Crippen LogP contribution is -2.45. The summed E-state index contributed by atoms with van der Waals surface area (Å²) < 4.78 is 28.3. The molecule has 0 aromatic heterocycles. The van der Waals surface area contributed by atoms with Crippen molar-refractivity contribution in [3.05, 3.63) is 48.1 Å². The summed E-state index contributed by atoms with van der Waals surface area (Å²) >= 11 is 0. The van der Waals surface area contributed by atoms with Gasteiger partial charge in [0, 0.05) is 37.8 Å². The van der Waals surface area contributed by atoms with Gasteiger partial charge in [0.15, 0.2) is 0 Å². The van der Waals surface area contributed by atoms with Gasteiger partial charge in [-0.25, -0.2) is 8.78 Å². The van der Waals surface area contributed by atoms with Gasteiger partial charge in [-0.2, -0.15) is 0 Å². The fourth-order valence-electron chi connectivity index (χ4n) is 2.96. The van der Waals surface area contributed by atoms with E-state index in [1.807, 2.05) is 6.08 Å². The first-order chi connectivity index (χ1) is 10.2. The fraction of sp³-hybridized carbons (Fsp3) is 0.529. The van der Waals surface area contributed by atoms with Crippen LogP contribution < -0.4 is 5.32 Å². The number of halogens is 2. The van der Waals surface area contributed by atoms with E-state index in [4.69, 9.17) is 0 Å². The highest BCUT2D eigenvalue weighted by atomic mass is 19.1. The summed E-state index contributed by atoms with van der Waals surface area (Å²) in [4.78, 5) is 2.20. The maximum Gasteiger partial charge on any atom is 0.130 e. The van der Waals surface area contributed by atoms with E-state index in [2.05, 4.69) is 16.8 Å². The number of benzene rings is 1. The summed E-state index contributed by atoms with van der Waals surface area (Å²) in [5.74, 6) is -0.857. The zero-order valence-electron chi connectivity index (χ0n) is 12.5. The smallest absolute Gasteiger partial charge is 0.130 e. The quantitative estimate of drug-likeness (QED) is 0.610. The summed E-state index contributed by atoms with van der Waals surface area (Å²) in [7, 11) is 0. The monoisotopic (exact) mass is 294 g/mol. The molecule has 1 aromatic carbocycles. The Balaban J connectivity index is 2.15. The number of allylic oxidation sites excluding steroid dienone is 1. The van der Waals surface area contributed by atoms with Crippen LogP contribution >= 0.6 is 0 Å². The van der Waals surface area contributed by atoms with Crippen LogP contribution in [0.15, 0.2) is 30.9 Å². The second-order valence-corrected chi connectivity index (χ2v) is 5.51. The number of piperazine rings is 1. The topological polar surface area (TPSA) is 15.3 Å². The van der Waals surface area contributed by atoms with Gasteiger partial charge in [0.25, 0.3) is 0 Å². The van der Waals surface area contributed by atoms with E-state index in [0.29, 0.717) is 0 Å². The molecule has 0 amide bonds. The molecule has 0 aliphatic carbocycles. The Hall–Kier alpha value is -1.26. The van der Waals surface area contributed by atoms with E-state index >= 15 is 0 Å². The van der Waals surface area contributed by atoms with Gasteiger partial charge < -0.3 is 5.32 Å². The SMILES string of the molecule is C=CCCCC[C@@H](c1c(F)cccc1F)N1CCNCC1. The molecule has 1 aromatic rings. The van der Waals surface area contributed by atoms with Crippen molar-refractivity contribution in [2.75, 3.05) is 26.2 Å². The minimum atomic E-state index is -0.428. The highest BCUT2D eigenvalue weighted by Crippen LogP contribution is 2.31. The highest BCUT2D eigenvalue weighted by molar-refractivity contribution is 5.23. The van der Waals surface area contributed by atoms with Crippen LogP contribution in [0, 0.1) is 11.6 Å². The third kappa shape index (κ3) is 4.35. The number of nitrogens with one attached hydrogen (secondary N) is 1. The zero-order valence-corrected chi connectivity index (χ0v) is 12.5. The molecule has 1 aliphatic heterocycles. The molecule has 1 fully saturated rings. The van der Waals surface area contributed by atoms with E-state index in [9.17, 15) is 8.78 Å². The Morgan fingerprint density at radius 2 is 1.86 bits per heavy atom. The third-order valence-electron chi connectivity index (χ3n) is 4.06. The van der Waals surface area contributed by atoms with Gasteiger partial charge in [0.2, 0.25) is 0 Å². The lowest BCUT2D eigenvalue weighted by Gasteiger charge is -2.35. The summed E-state index contributed by atoms with van der Waals surface area (Å²) in [6, 6.07) is 3.98. The molecule has 21 heavy (non-hydrogen) atoms. The fourth-order valence-corrected chi connectivity index (χ4v) is 2.96. The van der Waals surface area contributed by atoms with Crippen molar-refractivity contribution in [3.63, 3.8) is 0 Å². The van der Waals surface area contributed by atoms with Gasteiger partial charge >= 0.3 is 0 Å². The molecule has 0 unspecified atom stereocenters. The van der Waals surface area contributed by atoms with Crippen LogP contribution in [-0.2, 0) is 0 Å². The Labute approximate surface area is 125 Å². The number of hydrogen-bond acceptors (Lipinski definition) is 2. The second kappa shape index (κ2) is 8.25. The zero-order chi connectivity index (χ0) is 15.1. The molecular weight excluding hydrogens is 270 g/mol. The molecule has 2 nitrogen and oxygen atoms in total. The number of hydrogen-bond donors (Lipinski definition) is 1. The molecule has 0 bridgehead atoms. The predicted octanol–water partition coefficient (Wildman–Crippen LogP) is 3.66.